The van der Waals surface area contributed by atoms with Gasteiger partial charge in [-0.05, 0) is 55.8 Å². The minimum absolute atomic E-state index is 0. The van der Waals surface area contributed by atoms with E-state index in [0.29, 0.717) is 41.1 Å². The molecule has 1 unspecified atom stereocenters. The number of hydrogen-bond donors (Lipinski definition) is 2. The Morgan fingerprint density at radius 2 is 1.90 bits per heavy atom. The molecule has 0 aliphatic carbocycles. The topological polar surface area (TPSA) is 72.1 Å². The van der Waals surface area contributed by atoms with Gasteiger partial charge in [-0.15, -0.1) is 24.0 Å². The van der Waals surface area contributed by atoms with Crippen LogP contribution < -0.4 is 20.5 Å². The molecule has 31 heavy (non-hydrogen) atoms. The summed E-state index contributed by atoms with van der Waals surface area (Å²) in [6.45, 7) is 2.61. The molecule has 9 heteroatoms. The van der Waals surface area contributed by atoms with Gasteiger partial charge in [0.2, 0.25) is 0 Å². The van der Waals surface area contributed by atoms with Crippen LogP contribution in [0.2, 0.25) is 5.02 Å². The van der Waals surface area contributed by atoms with Crippen LogP contribution in [0.15, 0.2) is 41.4 Å². The van der Waals surface area contributed by atoms with Crippen LogP contribution in [0.3, 0.4) is 0 Å². The number of nitrogens with one attached hydrogen (secondary N) is 1. The molecule has 2 aromatic carbocycles. The van der Waals surface area contributed by atoms with Gasteiger partial charge < -0.3 is 20.5 Å². The van der Waals surface area contributed by atoms with Crippen LogP contribution in [-0.4, -0.2) is 44.7 Å². The molecule has 170 valence electrons. The third-order valence-corrected chi connectivity index (χ3v) is 5.60. The maximum atomic E-state index is 14.6. The van der Waals surface area contributed by atoms with Crippen molar-refractivity contribution in [2.75, 3.05) is 33.9 Å². The van der Waals surface area contributed by atoms with Gasteiger partial charge in [0.05, 0.1) is 26.8 Å². The van der Waals surface area contributed by atoms with Gasteiger partial charge in [0.15, 0.2) is 17.5 Å². The summed E-state index contributed by atoms with van der Waals surface area (Å²) in [6, 6.07) is 10.2. The molecule has 6 nitrogen and oxygen atoms in total. The molecule has 3 rings (SSSR count). The molecule has 1 heterocycles. The van der Waals surface area contributed by atoms with E-state index in [1.165, 1.54) is 6.07 Å². The number of guanidine groups is 1. The number of nitrogens with two attached hydrogens (primary N) is 1. The first kappa shape index (κ1) is 25.5. The Morgan fingerprint density at radius 1 is 1.19 bits per heavy atom. The molecular formula is C22H29ClFIN4O2. The van der Waals surface area contributed by atoms with E-state index in [4.69, 9.17) is 26.8 Å². The smallest absolute Gasteiger partial charge is 0.188 e. The quantitative estimate of drug-likeness (QED) is 0.284. The monoisotopic (exact) mass is 562 g/mol. The number of likely N-dealkylation sites (tertiary alicyclic amines) is 1. The highest BCUT2D eigenvalue weighted by Gasteiger charge is 2.27. The SMILES string of the molecule is COc1ccc(CN=C(N)NCC(c2c(F)cccc2Cl)N2CCCC2)cc1OC.I. The van der Waals surface area contributed by atoms with Crippen molar-refractivity contribution in [3.05, 3.63) is 58.4 Å². The van der Waals surface area contributed by atoms with Crippen LogP contribution in [0.4, 0.5) is 4.39 Å². The summed E-state index contributed by atoms with van der Waals surface area (Å²) < 4.78 is 25.1. The van der Waals surface area contributed by atoms with Crippen LogP contribution in [0.25, 0.3) is 0 Å². The van der Waals surface area contributed by atoms with Gasteiger partial charge in [0.25, 0.3) is 0 Å². The molecule has 1 aliphatic heterocycles. The van der Waals surface area contributed by atoms with E-state index in [9.17, 15) is 4.39 Å². The standard InChI is InChI=1S/C22H28ClFN4O2.HI/c1-29-19-9-8-15(12-20(19)30-2)13-26-22(25)27-14-18(28-10-3-4-11-28)21-16(23)6-5-7-17(21)24;/h5-9,12,18H,3-4,10-11,13-14H2,1-2H3,(H3,25,26,27);1H. The molecule has 3 N–H and O–H groups in total. The normalized spacial score (nSPS) is 15.3. The summed E-state index contributed by atoms with van der Waals surface area (Å²) >= 11 is 6.33. The minimum atomic E-state index is -0.304. The maximum absolute atomic E-state index is 14.6. The number of benzene rings is 2. The van der Waals surface area contributed by atoms with Crippen LogP contribution in [0.1, 0.15) is 30.0 Å². The molecule has 0 bridgehead atoms. The van der Waals surface area contributed by atoms with E-state index in [-0.39, 0.29) is 35.8 Å². The second-order valence-electron chi connectivity index (χ2n) is 7.17. The van der Waals surface area contributed by atoms with E-state index in [1.807, 2.05) is 18.2 Å². The number of nitrogens with zero attached hydrogens (tertiary/aromatic N) is 2. The van der Waals surface area contributed by atoms with Gasteiger partial charge >= 0.3 is 0 Å². The second kappa shape index (κ2) is 12.3. The fraction of sp³-hybridized carbons (Fsp3) is 0.409. The summed E-state index contributed by atoms with van der Waals surface area (Å²) in [5, 5.41) is 3.56. The summed E-state index contributed by atoms with van der Waals surface area (Å²) in [4.78, 5) is 6.64. The molecule has 0 saturated carbocycles. The van der Waals surface area contributed by atoms with Gasteiger partial charge in [0, 0.05) is 17.1 Å². The van der Waals surface area contributed by atoms with Crippen molar-refractivity contribution in [3.63, 3.8) is 0 Å². The Kier molecular flexibility index (Phi) is 10.1. The van der Waals surface area contributed by atoms with Gasteiger partial charge in [-0.3, -0.25) is 4.90 Å². The lowest BCUT2D eigenvalue weighted by molar-refractivity contribution is 0.240. The molecule has 2 aromatic rings. The fourth-order valence-electron chi connectivity index (χ4n) is 3.71. The zero-order valence-corrected chi connectivity index (χ0v) is 20.8. The van der Waals surface area contributed by atoms with Crippen molar-refractivity contribution in [1.29, 1.82) is 0 Å². The van der Waals surface area contributed by atoms with Gasteiger partial charge in [-0.2, -0.15) is 0 Å². The highest BCUT2D eigenvalue weighted by atomic mass is 127. The van der Waals surface area contributed by atoms with E-state index >= 15 is 0 Å². The maximum Gasteiger partial charge on any atom is 0.188 e. The lowest BCUT2D eigenvalue weighted by atomic mass is 10.0. The first-order valence-corrected chi connectivity index (χ1v) is 10.3. The van der Waals surface area contributed by atoms with Crippen molar-refractivity contribution < 1.29 is 13.9 Å². The Morgan fingerprint density at radius 3 is 2.55 bits per heavy atom. The molecule has 0 radical (unpaired) electrons. The van der Waals surface area contributed by atoms with Crippen molar-refractivity contribution in [2.45, 2.75) is 25.4 Å². The summed E-state index contributed by atoms with van der Waals surface area (Å²) in [5.74, 6) is 1.29. The first-order valence-electron chi connectivity index (χ1n) is 9.96. The van der Waals surface area contributed by atoms with Crippen molar-refractivity contribution in [1.82, 2.24) is 10.2 Å². The van der Waals surface area contributed by atoms with Crippen molar-refractivity contribution in [2.24, 2.45) is 10.7 Å². The fourth-order valence-corrected chi connectivity index (χ4v) is 4.00. The predicted molar refractivity (Wildman–Crippen MR) is 133 cm³/mol. The van der Waals surface area contributed by atoms with Crippen LogP contribution in [0, 0.1) is 5.82 Å². The third kappa shape index (κ3) is 6.60. The molecule has 1 saturated heterocycles. The second-order valence-corrected chi connectivity index (χ2v) is 7.57. The molecular weight excluding hydrogens is 534 g/mol. The molecule has 1 aliphatic rings. The number of hydrogen-bond acceptors (Lipinski definition) is 4. The highest BCUT2D eigenvalue weighted by molar-refractivity contribution is 14.0. The Balaban J connectivity index is 0.00000341. The Labute approximate surface area is 205 Å². The largest absolute Gasteiger partial charge is 0.493 e. The van der Waals surface area contributed by atoms with Crippen molar-refractivity contribution in [3.8, 4) is 11.5 Å². The van der Waals surface area contributed by atoms with Gasteiger partial charge in [-0.1, -0.05) is 23.7 Å². The highest BCUT2D eigenvalue weighted by Crippen LogP contribution is 2.32. The van der Waals surface area contributed by atoms with Gasteiger partial charge in [0.1, 0.15) is 5.82 Å². The third-order valence-electron chi connectivity index (χ3n) is 5.27. The summed E-state index contributed by atoms with van der Waals surface area (Å²) in [5.41, 5.74) is 7.52. The van der Waals surface area contributed by atoms with Gasteiger partial charge in [-0.25, -0.2) is 9.38 Å². The molecule has 0 spiro atoms. The number of methoxy groups -OCH3 is 2. The Bertz CT molecular complexity index is 874. The lowest BCUT2D eigenvalue weighted by Crippen LogP contribution is -2.40. The molecule has 0 amide bonds. The molecule has 1 fully saturated rings. The molecule has 0 aromatic heterocycles. The molecule has 1 atom stereocenters. The number of halogens is 3. The van der Waals surface area contributed by atoms with E-state index < -0.39 is 0 Å². The minimum Gasteiger partial charge on any atom is -0.493 e. The van der Waals surface area contributed by atoms with Crippen LogP contribution in [0.5, 0.6) is 11.5 Å². The average Bonchev–Trinajstić information content (AvgIpc) is 3.28. The summed E-state index contributed by atoms with van der Waals surface area (Å²) in [6.07, 6.45) is 2.18. The van der Waals surface area contributed by atoms with E-state index in [0.717, 1.165) is 31.5 Å². The predicted octanol–water partition coefficient (Wildman–Crippen LogP) is 4.36. The summed E-state index contributed by atoms with van der Waals surface area (Å²) in [7, 11) is 3.18. The van der Waals surface area contributed by atoms with E-state index in [1.54, 1.807) is 26.4 Å². The van der Waals surface area contributed by atoms with Crippen molar-refractivity contribution >= 4 is 41.5 Å². The van der Waals surface area contributed by atoms with E-state index in [2.05, 4.69) is 15.2 Å². The average molecular weight is 563 g/mol. The zero-order valence-electron chi connectivity index (χ0n) is 17.7. The first-order chi connectivity index (χ1) is 14.5. The zero-order chi connectivity index (χ0) is 21.5. The van der Waals surface area contributed by atoms with Crippen LogP contribution in [-0.2, 0) is 6.54 Å². The Hall–Kier alpha value is -1.78. The number of rotatable bonds is 8. The lowest BCUT2D eigenvalue weighted by Gasteiger charge is -2.29. The number of aliphatic imine (C=N–C) groups is 1. The number of ether oxygens (including phenoxy) is 2. The van der Waals surface area contributed by atoms with Crippen LogP contribution >= 0.6 is 35.6 Å².